The summed E-state index contributed by atoms with van der Waals surface area (Å²) in [5.74, 6) is -0.558. The topological polar surface area (TPSA) is 68.1 Å². The first-order chi connectivity index (χ1) is 17.4. The van der Waals surface area contributed by atoms with Crippen LogP contribution < -0.4 is 4.74 Å². The average Bonchev–Trinajstić information content (AvgIpc) is 3.14. The van der Waals surface area contributed by atoms with E-state index in [9.17, 15) is 9.90 Å². The zero-order valence-electron chi connectivity index (χ0n) is 19.0. The summed E-state index contributed by atoms with van der Waals surface area (Å²) in [6.45, 7) is 2.06. The summed E-state index contributed by atoms with van der Waals surface area (Å²) in [7, 11) is 0. The molecule has 1 aliphatic heterocycles. The molecule has 0 amide bonds. The molecule has 0 fully saturated rings. The smallest absolute Gasteiger partial charge is 0.344 e. The lowest BCUT2D eigenvalue weighted by atomic mass is 10.1. The number of carbonyl (C=O) groups is 1. The van der Waals surface area contributed by atoms with Crippen LogP contribution in [0.3, 0.4) is 0 Å². The predicted molar refractivity (Wildman–Crippen MR) is 148 cm³/mol. The van der Waals surface area contributed by atoms with Crippen LogP contribution in [0.2, 0.25) is 15.1 Å². The van der Waals surface area contributed by atoms with Gasteiger partial charge in [-0.2, -0.15) is 0 Å². The van der Waals surface area contributed by atoms with Gasteiger partial charge in [-0.3, -0.25) is 0 Å². The van der Waals surface area contributed by atoms with E-state index in [-0.39, 0.29) is 34.6 Å². The molecule has 0 saturated carbocycles. The number of esters is 1. The molecule has 4 rings (SSSR count). The second-order valence-corrected chi connectivity index (χ2v) is 9.75. The lowest BCUT2D eigenvalue weighted by molar-refractivity contribution is -0.138. The Labute approximate surface area is 228 Å². The molecule has 184 valence electrons. The Morgan fingerprint density at radius 3 is 2.33 bits per heavy atom. The SMILES string of the molecule is CCOC(=O)C1=C(O)/C(=C/c2cc(Cl)c(OCc3ccccc3Cl)c(Cl)c2)SC1=Nc1ccccc1. The van der Waals surface area contributed by atoms with E-state index in [1.807, 2.05) is 36.4 Å². The molecule has 0 spiro atoms. The standard InChI is InChI=1S/C27H20Cl3NO4S/c1-2-34-27(33)23-24(32)22(36-26(23)31-18-9-4-3-5-10-18)14-16-12-20(29)25(21(30)13-16)35-15-17-8-6-7-11-19(17)28/h3-14,32H,2,15H2,1H3/b22-14-,31-26?. The van der Waals surface area contributed by atoms with Gasteiger partial charge in [-0.05, 0) is 48.9 Å². The Hall–Kier alpha value is -2.90. The number of carbonyl (C=O) groups excluding carboxylic acids is 1. The van der Waals surface area contributed by atoms with E-state index in [0.29, 0.717) is 32.0 Å². The van der Waals surface area contributed by atoms with Gasteiger partial charge in [-0.15, -0.1) is 0 Å². The number of hydrogen-bond donors (Lipinski definition) is 1. The van der Waals surface area contributed by atoms with E-state index in [1.165, 1.54) is 0 Å². The predicted octanol–water partition coefficient (Wildman–Crippen LogP) is 8.42. The Balaban J connectivity index is 1.64. The first kappa shape index (κ1) is 26.2. The highest BCUT2D eigenvalue weighted by Gasteiger charge is 2.33. The van der Waals surface area contributed by atoms with Crippen LogP contribution in [0.15, 0.2) is 88.0 Å². The van der Waals surface area contributed by atoms with Gasteiger partial charge >= 0.3 is 5.97 Å². The van der Waals surface area contributed by atoms with Gasteiger partial charge in [-0.25, -0.2) is 9.79 Å². The molecule has 0 unspecified atom stereocenters. The van der Waals surface area contributed by atoms with Crippen molar-refractivity contribution in [2.45, 2.75) is 13.5 Å². The third-order valence-corrected chi connectivity index (χ3v) is 6.96. The Morgan fingerprint density at radius 1 is 1.00 bits per heavy atom. The van der Waals surface area contributed by atoms with Crippen LogP contribution in [-0.4, -0.2) is 22.7 Å². The fourth-order valence-corrected chi connectivity index (χ4v) is 5.17. The van der Waals surface area contributed by atoms with Crippen LogP contribution >= 0.6 is 46.6 Å². The highest BCUT2D eigenvalue weighted by atomic mass is 35.5. The molecule has 0 atom stereocenters. The van der Waals surface area contributed by atoms with Gasteiger partial charge in [0.05, 0.1) is 27.2 Å². The maximum atomic E-state index is 12.6. The monoisotopic (exact) mass is 559 g/mol. The molecule has 1 aliphatic rings. The van der Waals surface area contributed by atoms with Gasteiger partial charge in [-0.1, -0.05) is 83.0 Å². The van der Waals surface area contributed by atoms with Crippen molar-refractivity contribution < 1.29 is 19.4 Å². The van der Waals surface area contributed by atoms with Gasteiger partial charge in [0.2, 0.25) is 0 Å². The summed E-state index contributed by atoms with van der Waals surface area (Å²) in [5.41, 5.74) is 2.05. The molecule has 3 aromatic carbocycles. The van der Waals surface area contributed by atoms with Crippen LogP contribution in [0.5, 0.6) is 5.75 Å². The maximum Gasteiger partial charge on any atom is 0.344 e. The van der Waals surface area contributed by atoms with Gasteiger partial charge in [0.25, 0.3) is 0 Å². The fraction of sp³-hybridized carbons (Fsp3) is 0.111. The summed E-state index contributed by atoms with van der Waals surface area (Å²) in [6, 6.07) is 19.8. The lowest BCUT2D eigenvalue weighted by Crippen LogP contribution is -2.12. The quantitative estimate of drug-likeness (QED) is 0.294. The normalized spacial score (nSPS) is 15.6. The van der Waals surface area contributed by atoms with Crippen molar-refractivity contribution >= 4 is 69.3 Å². The van der Waals surface area contributed by atoms with Crippen LogP contribution in [0.4, 0.5) is 5.69 Å². The number of hydrogen-bond acceptors (Lipinski definition) is 6. The van der Waals surface area contributed by atoms with Gasteiger partial charge in [0.15, 0.2) is 5.75 Å². The Bertz CT molecular complexity index is 1360. The molecule has 36 heavy (non-hydrogen) atoms. The molecule has 0 saturated heterocycles. The van der Waals surface area contributed by atoms with Crippen molar-refractivity contribution in [3.05, 3.63) is 109 Å². The van der Waals surface area contributed by atoms with Gasteiger partial charge in [0.1, 0.15) is 23.0 Å². The molecular weight excluding hydrogens is 541 g/mol. The van der Waals surface area contributed by atoms with Crippen molar-refractivity contribution in [1.29, 1.82) is 0 Å². The van der Waals surface area contributed by atoms with Crippen molar-refractivity contribution in [2.24, 2.45) is 4.99 Å². The van der Waals surface area contributed by atoms with E-state index >= 15 is 0 Å². The van der Waals surface area contributed by atoms with Crippen molar-refractivity contribution in [2.75, 3.05) is 6.61 Å². The first-order valence-corrected chi connectivity index (χ1v) is 12.8. The second-order valence-electron chi connectivity index (χ2n) is 7.50. The van der Waals surface area contributed by atoms with Crippen LogP contribution in [-0.2, 0) is 16.1 Å². The number of nitrogens with zero attached hydrogens (tertiary/aromatic N) is 1. The van der Waals surface area contributed by atoms with E-state index in [4.69, 9.17) is 44.3 Å². The minimum absolute atomic E-state index is 0.00819. The van der Waals surface area contributed by atoms with Crippen LogP contribution in [0.1, 0.15) is 18.1 Å². The summed E-state index contributed by atoms with van der Waals surface area (Å²) in [5, 5.41) is 12.4. The van der Waals surface area contributed by atoms with Crippen molar-refractivity contribution in [1.82, 2.24) is 0 Å². The molecule has 5 nitrogen and oxygen atoms in total. The second kappa shape index (κ2) is 11.9. The zero-order valence-corrected chi connectivity index (χ0v) is 22.1. The summed E-state index contributed by atoms with van der Waals surface area (Å²) >= 11 is 20.3. The van der Waals surface area contributed by atoms with Crippen LogP contribution in [0, 0.1) is 0 Å². The van der Waals surface area contributed by atoms with Crippen molar-refractivity contribution in [3.63, 3.8) is 0 Å². The number of rotatable bonds is 7. The third kappa shape index (κ3) is 6.08. The van der Waals surface area contributed by atoms with Crippen molar-refractivity contribution in [3.8, 4) is 5.75 Å². The molecular formula is C27H20Cl3NO4S. The number of benzene rings is 3. The highest BCUT2D eigenvalue weighted by Crippen LogP contribution is 2.42. The molecule has 0 aromatic heterocycles. The minimum atomic E-state index is -0.653. The van der Waals surface area contributed by atoms with Crippen LogP contribution in [0.25, 0.3) is 6.08 Å². The molecule has 0 bridgehead atoms. The summed E-state index contributed by atoms with van der Waals surface area (Å²) < 4.78 is 11.0. The molecule has 3 aromatic rings. The number of para-hydroxylation sites is 1. The number of aliphatic hydroxyl groups excluding tert-OH is 1. The van der Waals surface area contributed by atoms with Gasteiger partial charge < -0.3 is 14.6 Å². The largest absolute Gasteiger partial charge is 0.506 e. The Morgan fingerprint density at radius 2 is 1.67 bits per heavy atom. The minimum Gasteiger partial charge on any atom is -0.506 e. The third-order valence-electron chi connectivity index (χ3n) is 5.01. The fourth-order valence-electron chi connectivity index (χ4n) is 3.33. The molecule has 9 heteroatoms. The molecule has 0 aliphatic carbocycles. The Kier molecular flexibility index (Phi) is 8.64. The number of ether oxygens (including phenoxy) is 2. The van der Waals surface area contributed by atoms with E-state index in [0.717, 1.165) is 17.3 Å². The molecule has 1 N–H and O–H groups in total. The molecule has 0 radical (unpaired) electrons. The number of aliphatic imine (C=N–C) groups is 1. The first-order valence-electron chi connectivity index (χ1n) is 10.9. The average molecular weight is 561 g/mol. The van der Waals surface area contributed by atoms with Gasteiger partial charge in [0, 0.05) is 10.6 Å². The number of aliphatic hydroxyl groups is 1. The number of thioether (sulfide) groups is 1. The number of halogens is 3. The molecule has 1 heterocycles. The maximum absolute atomic E-state index is 12.6. The van der Waals surface area contributed by atoms with E-state index in [2.05, 4.69) is 4.99 Å². The van der Waals surface area contributed by atoms with E-state index < -0.39 is 5.97 Å². The zero-order chi connectivity index (χ0) is 25.7. The van der Waals surface area contributed by atoms with E-state index in [1.54, 1.807) is 43.3 Å². The summed E-state index contributed by atoms with van der Waals surface area (Å²) in [4.78, 5) is 17.5. The summed E-state index contributed by atoms with van der Waals surface area (Å²) in [6.07, 6.45) is 1.67. The lowest BCUT2D eigenvalue weighted by Gasteiger charge is -2.12. The highest BCUT2D eigenvalue weighted by molar-refractivity contribution is 8.18.